The predicted molar refractivity (Wildman–Crippen MR) is 79.5 cm³/mol. The summed E-state index contributed by atoms with van der Waals surface area (Å²) < 4.78 is 33.1. The standard InChI is InChI=1S/C13H18ClNO5S/c1-13(2,20-4)8-15-12(16)9-5-6-10(19-3)11(7-9)21(14,17)18/h5-7H,8H2,1-4H3,(H,15,16). The van der Waals surface area contributed by atoms with Crippen LogP contribution in [0, 0.1) is 0 Å². The first-order valence-electron chi connectivity index (χ1n) is 6.07. The lowest BCUT2D eigenvalue weighted by molar-refractivity contribution is 0.0228. The van der Waals surface area contributed by atoms with Gasteiger partial charge in [-0.25, -0.2) is 8.42 Å². The van der Waals surface area contributed by atoms with Crippen molar-refractivity contribution >= 4 is 25.6 Å². The van der Waals surface area contributed by atoms with E-state index in [-0.39, 0.29) is 22.8 Å². The topological polar surface area (TPSA) is 81.7 Å². The molecule has 1 amide bonds. The molecule has 21 heavy (non-hydrogen) atoms. The van der Waals surface area contributed by atoms with Crippen LogP contribution >= 0.6 is 10.7 Å². The van der Waals surface area contributed by atoms with E-state index in [1.807, 2.05) is 13.8 Å². The van der Waals surface area contributed by atoms with E-state index >= 15 is 0 Å². The highest BCUT2D eigenvalue weighted by atomic mass is 35.7. The van der Waals surface area contributed by atoms with E-state index in [0.29, 0.717) is 0 Å². The van der Waals surface area contributed by atoms with Gasteiger partial charge in [-0.2, -0.15) is 0 Å². The number of hydrogen-bond donors (Lipinski definition) is 1. The fourth-order valence-corrected chi connectivity index (χ4v) is 2.50. The maximum absolute atomic E-state index is 12.0. The van der Waals surface area contributed by atoms with Crippen LogP contribution < -0.4 is 10.1 Å². The Balaban J connectivity index is 3.02. The van der Waals surface area contributed by atoms with Gasteiger partial charge >= 0.3 is 0 Å². The second-order valence-electron chi connectivity index (χ2n) is 4.95. The fraction of sp³-hybridized carbons (Fsp3) is 0.462. The van der Waals surface area contributed by atoms with Crippen molar-refractivity contribution in [2.45, 2.75) is 24.3 Å². The van der Waals surface area contributed by atoms with Crippen molar-refractivity contribution in [3.8, 4) is 5.75 Å². The summed E-state index contributed by atoms with van der Waals surface area (Å²) in [5.74, 6) is -0.344. The highest BCUT2D eigenvalue weighted by Crippen LogP contribution is 2.27. The Bertz CT molecular complexity index is 627. The van der Waals surface area contributed by atoms with Crippen molar-refractivity contribution in [2.75, 3.05) is 20.8 Å². The average Bonchev–Trinajstić information content (AvgIpc) is 2.43. The van der Waals surface area contributed by atoms with Gasteiger partial charge in [-0.1, -0.05) is 0 Å². The van der Waals surface area contributed by atoms with Crippen LogP contribution in [0.1, 0.15) is 24.2 Å². The number of amides is 1. The molecule has 0 radical (unpaired) electrons. The van der Waals surface area contributed by atoms with Gasteiger partial charge in [-0.3, -0.25) is 4.79 Å². The number of nitrogens with one attached hydrogen (secondary N) is 1. The van der Waals surface area contributed by atoms with E-state index < -0.39 is 20.6 Å². The average molecular weight is 336 g/mol. The van der Waals surface area contributed by atoms with Crippen LogP contribution in [-0.4, -0.2) is 40.7 Å². The van der Waals surface area contributed by atoms with Crippen LogP contribution in [0.5, 0.6) is 5.75 Å². The molecule has 0 saturated heterocycles. The molecular weight excluding hydrogens is 318 g/mol. The predicted octanol–water partition coefficient (Wildman–Crippen LogP) is 1.78. The molecule has 0 heterocycles. The van der Waals surface area contributed by atoms with Crippen LogP contribution in [0.25, 0.3) is 0 Å². The lowest BCUT2D eigenvalue weighted by Crippen LogP contribution is -2.39. The van der Waals surface area contributed by atoms with Crippen molar-refractivity contribution in [1.82, 2.24) is 5.32 Å². The molecule has 1 aromatic rings. The van der Waals surface area contributed by atoms with Crippen molar-refractivity contribution < 1.29 is 22.7 Å². The third kappa shape index (κ3) is 4.87. The monoisotopic (exact) mass is 335 g/mol. The normalized spacial score (nSPS) is 12.0. The van der Waals surface area contributed by atoms with Gasteiger partial charge < -0.3 is 14.8 Å². The molecule has 1 N–H and O–H groups in total. The zero-order valence-electron chi connectivity index (χ0n) is 12.3. The molecule has 0 saturated carbocycles. The molecular formula is C13H18ClNO5S. The molecule has 0 aliphatic rings. The molecule has 118 valence electrons. The Labute approximate surface area is 128 Å². The quantitative estimate of drug-likeness (QED) is 0.801. The Morgan fingerprint density at radius 1 is 1.33 bits per heavy atom. The molecule has 0 aromatic heterocycles. The highest BCUT2D eigenvalue weighted by Gasteiger charge is 2.21. The molecule has 6 nitrogen and oxygen atoms in total. The van der Waals surface area contributed by atoms with Crippen LogP contribution in [0.2, 0.25) is 0 Å². The third-order valence-electron chi connectivity index (χ3n) is 2.92. The number of rotatable bonds is 6. The first kappa shape index (κ1) is 17.7. The van der Waals surface area contributed by atoms with E-state index in [0.717, 1.165) is 0 Å². The second kappa shape index (κ2) is 6.64. The molecule has 0 unspecified atom stereocenters. The van der Waals surface area contributed by atoms with Gasteiger partial charge in [0.05, 0.1) is 12.7 Å². The maximum atomic E-state index is 12.0. The number of methoxy groups -OCH3 is 2. The van der Waals surface area contributed by atoms with E-state index in [1.165, 1.54) is 32.4 Å². The third-order valence-corrected chi connectivity index (χ3v) is 4.26. The summed E-state index contributed by atoms with van der Waals surface area (Å²) in [5, 5.41) is 2.66. The van der Waals surface area contributed by atoms with Gasteiger partial charge in [0.2, 0.25) is 0 Å². The van der Waals surface area contributed by atoms with Gasteiger partial charge in [0.1, 0.15) is 10.6 Å². The summed E-state index contributed by atoms with van der Waals surface area (Å²) in [5.41, 5.74) is -0.356. The largest absolute Gasteiger partial charge is 0.495 e. The Morgan fingerprint density at radius 3 is 2.43 bits per heavy atom. The summed E-state index contributed by atoms with van der Waals surface area (Å²) in [4.78, 5) is 11.8. The molecule has 0 atom stereocenters. The minimum atomic E-state index is -4.01. The Hall–Kier alpha value is -1.31. The molecule has 0 aliphatic heterocycles. The molecule has 0 aliphatic carbocycles. The number of halogens is 1. The summed E-state index contributed by atoms with van der Waals surface area (Å²) in [6, 6.07) is 4.02. The molecule has 0 spiro atoms. The zero-order chi connectivity index (χ0) is 16.3. The lowest BCUT2D eigenvalue weighted by Gasteiger charge is -2.23. The van der Waals surface area contributed by atoms with Crippen molar-refractivity contribution in [1.29, 1.82) is 0 Å². The maximum Gasteiger partial charge on any atom is 0.265 e. The van der Waals surface area contributed by atoms with E-state index in [4.69, 9.17) is 20.2 Å². The minimum absolute atomic E-state index is 0.0822. The van der Waals surface area contributed by atoms with E-state index in [9.17, 15) is 13.2 Å². The van der Waals surface area contributed by atoms with Crippen molar-refractivity contribution in [3.63, 3.8) is 0 Å². The molecule has 1 rings (SSSR count). The molecule has 0 bridgehead atoms. The van der Waals surface area contributed by atoms with Crippen LogP contribution in [0.3, 0.4) is 0 Å². The van der Waals surface area contributed by atoms with E-state index in [1.54, 1.807) is 0 Å². The van der Waals surface area contributed by atoms with Gasteiger partial charge in [-0.05, 0) is 32.0 Å². The first-order chi connectivity index (χ1) is 9.60. The SMILES string of the molecule is COc1ccc(C(=O)NCC(C)(C)OC)cc1S(=O)(=O)Cl. The van der Waals surface area contributed by atoms with E-state index in [2.05, 4.69) is 5.32 Å². The minimum Gasteiger partial charge on any atom is -0.495 e. The summed E-state index contributed by atoms with van der Waals surface area (Å²) in [7, 11) is 4.19. The Morgan fingerprint density at radius 2 is 1.95 bits per heavy atom. The lowest BCUT2D eigenvalue weighted by atomic mass is 10.1. The van der Waals surface area contributed by atoms with Crippen molar-refractivity contribution in [3.05, 3.63) is 23.8 Å². The van der Waals surface area contributed by atoms with Crippen LogP contribution in [0.15, 0.2) is 23.1 Å². The smallest absolute Gasteiger partial charge is 0.265 e. The first-order valence-corrected chi connectivity index (χ1v) is 8.38. The number of carbonyl (C=O) groups is 1. The molecule has 1 aromatic carbocycles. The summed E-state index contributed by atoms with van der Waals surface area (Å²) in [6.45, 7) is 3.91. The summed E-state index contributed by atoms with van der Waals surface area (Å²) >= 11 is 0. The van der Waals surface area contributed by atoms with Crippen molar-refractivity contribution in [2.24, 2.45) is 0 Å². The van der Waals surface area contributed by atoms with Gasteiger partial charge in [0.25, 0.3) is 15.0 Å². The number of hydrogen-bond acceptors (Lipinski definition) is 5. The fourth-order valence-electron chi connectivity index (χ4n) is 1.48. The Kier molecular flexibility index (Phi) is 5.61. The van der Waals surface area contributed by atoms with Crippen LogP contribution in [0.4, 0.5) is 0 Å². The van der Waals surface area contributed by atoms with Gasteiger partial charge in [0.15, 0.2) is 0 Å². The molecule has 8 heteroatoms. The zero-order valence-corrected chi connectivity index (χ0v) is 13.8. The summed E-state index contributed by atoms with van der Waals surface area (Å²) in [6.07, 6.45) is 0. The van der Waals surface area contributed by atoms with Crippen LogP contribution in [-0.2, 0) is 13.8 Å². The number of ether oxygens (including phenoxy) is 2. The number of carbonyl (C=O) groups excluding carboxylic acids is 1. The van der Waals surface area contributed by atoms with Gasteiger partial charge in [-0.15, -0.1) is 0 Å². The van der Waals surface area contributed by atoms with Gasteiger partial charge in [0, 0.05) is 29.9 Å². The molecule has 0 fully saturated rings. The number of benzene rings is 1. The second-order valence-corrected chi connectivity index (χ2v) is 7.48. The highest BCUT2D eigenvalue weighted by molar-refractivity contribution is 8.13.